The quantitative estimate of drug-likeness (QED) is 0.237. The summed E-state index contributed by atoms with van der Waals surface area (Å²) in [6, 6.07) is 0. The van der Waals surface area contributed by atoms with Gasteiger partial charge in [-0.15, -0.1) is 0 Å². The average Bonchev–Trinajstić information content (AvgIpc) is 1.81. The van der Waals surface area contributed by atoms with Gasteiger partial charge in [0.2, 0.25) is 0 Å². The maximum atomic E-state index is 8.71. The van der Waals surface area contributed by atoms with Crippen LogP contribution in [0, 0.1) is 0 Å². The molecule has 0 aromatic rings. The Morgan fingerprint density at radius 1 is 1.36 bits per heavy atom. The predicted octanol–water partition coefficient (Wildman–Crippen LogP) is -2.30. The van der Waals surface area contributed by atoms with Gasteiger partial charge in [0.1, 0.15) is 0 Å². The lowest BCUT2D eigenvalue weighted by Gasteiger charge is -2.26. The maximum absolute atomic E-state index is 8.71. The smallest absolute Gasteiger partial charge is 0.336 e. The van der Waals surface area contributed by atoms with Crippen LogP contribution in [0.25, 0.3) is 0 Å². The van der Waals surface area contributed by atoms with Crippen LogP contribution < -0.4 is 5.73 Å². The van der Waals surface area contributed by atoms with Crippen molar-refractivity contribution in [3.8, 4) is 0 Å². The molecule has 11 heavy (non-hydrogen) atoms. The summed E-state index contributed by atoms with van der Waals surface area (Å²) >= 11 is 0. The van der Waals surface area contributed by atoms with Gasteiger partial charge in [-0.3, -0.25) is 5.73 Å². The van der Waals surface area contributed by atoms with E-state index in [1.807, 2.05) is 0 Å². The van der Waals surface area contributed by atoms with Crippen molar-refractivity contribution < 1.29 is 20.4 Å². The Morgan fingerprint density at radius 2 is 1.82 bits per heavy atom. The minimum atomic E-state index is -3.14. The van der Waals surface area contributed by atoms with Crippen LogP contribution in [0.5, 0.6) is 0 Å². The molecule has 0 rings (SSSR count). The van der Waals surface area contributed by atoms with E-state index in [0.29, 0.717) is 6.42 Å². The highest BCUT2D eigenvalue weighted by atomic mass is 16.6. The van der Waals surface area contributed by atoms with Crippen LogP contribution >= 0.6 is 0 Å². The Balaban J connectivity index is 4.34. The van der Waals surface area contributed by atoms with Crippen molar-refractivity contribution in [1.29, 1.82) is 0 Å². The van der Waals surface area contributed by atoms with E-state index in [0.717, 1.165) is 6.21 Å². The van der Waals surface area contributed by atoms with Crippen LogP contribution in [0.4, 0.5) is 0 Å². The molecule has 0 aliphatic rings. The van der Waals surface area contributed by atoms with Crippen molar-refractivity contribution in [2.45, 2.75) is 25.2 Å². The van der Waals surface area contributed by atoms with E-state index in [-0.39, 0.29) is 0 Å². The minimum Gasteiger partial charge on any atom is -0.348 e. The lowest BCUT2D eigenvalue weighted by molar-refractivity contribution is -0.349. The number of rotatable bonds is 3. The molecule has 0 spiro atoms. The summed E-state index contributed by atoms with van der Waals surface area (Å²) in [5, 5.41) is 34.4. The molecule has 0 aliphatic carbocycles. The Morgan fingerprint density at radius 3 is 2.09 bits per heavy atom. The SMILES string of the molecule is CCC=NC(O)(O)C(N)(O)O. The summed E-state index contributed by atoms with van der Waals surface area (Å²) in [7, 11) is 0. The first-order chi connectivity index (χ1) is 4.81. The molecule has 0 fully saturated rings. The van der Waals surface area contributed by atoms with E-state index < -0.39 is 11.8 Å². The van der Waals surface area contributed by atoms with Crippen LogP contribution in [-0.2, 0) is 0 Å². The second kappa shape index (κ2) is 3.24. The van der Waals surface area contributed by atoms with E-state index >= 15 is 0 Å². The highest BCUT2D eigenvalue weighted by Gasteiger charge is 2.44. The van der Waals surface area contributed by atoms with Gasteiger partial charge in [0.25, 0.3) is 0 Å². The number of nitrogens with zero attached hydrogens (tertiary/aromatic N) is 1. The Labute approximate surface area is 63.6 Å². The lowest BCUT2D eigenvalue weighted by atomic mass is 10.4. The molecule has 0 aliphatic heterocycles. The van der Waals surface area contributed by atoms with Crippen LogP contribution in [0.1, 0.15) is 13.3 Å². The number of aliphatic imine (C=N–C) groups is 1. The zero-order chi connectivity index (χ0) is 9.12. The summed E-state index contributed by atoms with van der Waals surface area (Å²) < 4.78 is 0. The van der Waals surface area contributed by atoms with Crippen molar-refractivity contribution in [3.05, 3.63) is 0 Å². The van der Waals surface area contributed by atoms with Gasteiger partial charge in [-0.25, -0.2) is 4.99 Å². The van der Waals surface area contributed by atoms with Crippen molar-refractivity contribution in [2.75, 3.05) is 0 Å². The zero-order valence-corrected chi connectivity index (χ0v) is 6.10. The molecule has 0 saturated carbocycles. The highest BCUT2D eigenvalue weighted by molar-refractivity contribution is 5.56. The lowest BCUT2D eigenvalue weighted by Crippen LogP contribution is -2.59. The topological polar surface area (TPSA) is 119 Å². The fourth-order valence-electron chi connectivity index (χ4n) is 0.314. The molecule has 0 radical (unpaired) electrons. The molecule has 0 atom stereocenters. The van der Waals surface area contributed by atoms with Crippen molar-refractivity contribution in [1.82, 2.24) is 0 Å². The molecule has 0 saturated heterocycles. The zero-order valence-electron chi connectivity index (χ0n) is 6.10. The Hall–Kier alpha value is -0.530. The van der Waals surface area contributed by atoms with E-state index in [1.165, 1.54) is 0 Å². The molecular formula is C5H12N2O4. The van der Waals surface area contributed by atoms with Gasteiger partial charge < -0.3 is 20.4 Å². The fourth-order valence-corrected chi connectivity index (χ4v) is 0.314. The first-order valence-corrected chi connectivity index (χ1v) is 3.03. The second-order valence-electron chi connectivity index (χ2n) is 2.08. The molecule has 0 heterocycles. The third kappa shape index (κ3) is 2.91. The first-order valence-electron chi connectivity index (χ1n) is 3.03. The molecule has 0 unspecified atom stereocenters. The number of aliphatic hydroxyl groups is 4. The number of nitrogens with two attached hydrogens (primary N) is 1. The van der Waals surface area contributed by atoms with Crippen LogP contribution in [-0.4, -0.2) is 38.5 Å². The normalized spacial score (nSPS) is 14.4. The van der Waals surface area contributed by atoms with Crippen LogP contribution in [0.2, 0.25) is 0 Å². The largest absolute Gasteiger partial charge is 0.348 e. The molecule has 6 N–H and O–H groups in total. The van der Waals surface area contributed by atoms with Gasteiger partial charge in [0.05, 0.1) is 0 Å². The Bertz CT molecular complexity index is 149. The average molecular weight is 164 g/mol. The molecule has 6 heteroatoms. The predicted molar refractivity (Wildman–Crippen MR) is 37.3 cm³/mol. The molecule has 66 valence electrons. The van der Waals surface area contributed by atoms with Crippen LogP contribution in [0.15, 0.2) is 4.99 Å². The van der Waals surface area contributed by atoms with E-state index in [9.17, 15) is 0 Å². The number of hydrogen-bond donors (Lipinski definition) is 5. The third-order valence-corrected chi connectivity index (χ3v) is 0.948. The van der Waals surface area contributed by atoms with Crippen LogP contribution in [0.3, 0.4) is 0 Å². The molecule has 0 bridgehead atoms. The van der Waals surface area contributed by atoms with Gasteiger partial charge in [-0.1, -0.05) is 6.92 Å². The van der Waals surface area contributed by atoms with E-state index in [1.54, 1.807) is 6.92 Å². The van der Waals surface area contributed by atoms with Crippen molar-refractivity contribution >= 4 is 6.21 Å². The summed E-state index contributed by atoms with van der Waals surface area (Å²) in [5.74, 6) is -6.19. The van der Waals surface area contributed by atoms with Crippen molar-refractivity contribution in [2.24, 2.45) is 10.7 Å². The maximum Gasteiger partial charge on any atom is 0.336 e. The Kier molecular flexibility index (Phi) is 3.09. The van der Waals surface area contributed by atoms with Gasteiger partial charge >= 0.3 is 11.8 Å². The summed E-state index contributed by atoms with van der Waals surface area (Å²) in [4.78, 5) is 3.01. The minimum absolute atomic E-state index is 0.430. The standard InChI is InChI=1S/C5H12N2O4/c1-2-3-7-5(10,11)4(6,8)9/h3,8-11H,2,6H2,1H3. The van der Waals surface area contributed by atoms with Gasteiger partial charge in [-0.05, 0) is 6.42 Å². The van der Waals surface area contributed by atoms with E-state index in [4.69, 9.17) is 20.4 Å². The summed E-state index contributed by atoms with van der Waals surface area (Å²) in [5.41, 5.74) is 4.55. The molecule has 0 aromatic heterocycles. The molecule has 6 nitrogen and oxygen atoms in total. The number of hydrogen-bond acceptors (Lipinski definition) is 6. The highest BCUT2D eigenvalue weighted by Crippen LogP contribution is 2.11. The molecule has 0 aromatic carbocycles. The summed E-state index contributed by atoms with van der Waals surface area (Å²) in [6.45, 7) is 1.69. The van der Waals surface area contributed by atoms with E-state index in [2.05, 4.69) is 10.7 Å². The van der Waals surface area contributed by atoms with Gasteiger partial charge in [0.15, 0.2) is 0 Å². The van der Waals surface area contributed by atoms with Crippen molar-refractivity contribution in [3.63, 3.8) is 0 Å². The van der Waals surface area contributed by atoms with Gasteiger partial charge in [0, 0.05) is 6.21 Å². The molecule has 0 amide bonds. The fraction of sp³-hybridized carbons (Fsp3) is 0.800. The second-order valence-corrected chi connectivity index (χ2v) is 2.08. The monoisotopic (exact) mass is 164 g/mol. The first kappa shape index (κ1) is 10.5. The summed E-state index contributed by atoms with van der Waals surface area (Å²) in [6.07, 6.45) is 1.53. The van der Waals surface area contributed by atoms with Gasteiger partial charge in [-0.2, -0.15) is 0 Å². The molecular weight excluding hydrogens is 152 g/mol. The third-order valence-electron chi connectivity index (χ3n) is 0.948.